The predicted octanol–water partition coefficient (Wildman–Crippen LogP) is 1.05. The number of aliphatic hydroxyl groups is 1. The number of hydrogen-bond donors (Lipinski definition) is 3. The van der Waals surface area contributed by atoms with Crippen molar-refractivity contribution in [3.8, 4) is 5.75 Å². The molecule has 0 bridgehead atoms. The van der Waals surface area contributed by atoms with E-state index in [-0.39, 0.29) is 6.61 Å². The lowest BCUT2D eigenvalue weighted by atomic mass is 10.4. The van der Waals surface area contributed by atoms with Crippen molar-refractivity contribution < 1.29 is 9.84 Å². The molecule has 0 unspecified atom stereocenters. The highest BCUT2D eigenvalue weighted by Gasteiger charge is 2.09. The Kier molecular flexibility index (Phi) is 7.28. The smallest absolute Gasteiger partial charge is 0.204 e. The zero-order chi connectivity index (χ0) is 13.2. The summed E-state index contributed by atoms with van der Waals surface area (Å²) in [5.74, 6) is 3.92. The van der Waals surface area contributed by atoms with Crippen LogP contribution in [0.5, 0.6) is 5.75 Å². The number of hydrogen-bond acceptors (Lipinski definition) is 7. The summed E-state index contributed by atoms with van der Waals surface area (Å²) in [7, 11) is 3.39. The van der Waals surface area contributed by atoms with Crippen LogP contribution in [0.4, 0.5) is 11.6 Å². The first-order valence-corrected chi connectivity index (χ1v) is 6.98. The van der Waals surface area contributed by atoms with E-state index >= 15 is 0 Å². The van der Waals surface area contributed by atoms with Crippen molar-refractivity contribution >= 4 is 23.4 Å². The second-order valence-corrected chi connectivity index (χ2v) is 4.70. The molecule has 7 heteroatoms. The molecular weight excluding hydrogens is 252 g/mol. The van der Waals surface area contributed by atoms with Gasteiger partial charge in [0, 0.05) is 26.0 Å². The fourth-order valence-electron chi connectivity index (χ4n) is 1.38. The van der Waals surface area contributed by atoms with Gasteiger partial charge in [-0.3, -0.25) is 0 Å². The van der Waals surface area contributed by atoms with Gasteiger partial charge in [0.15, 0.2) is 11.6 Å². The van der Waals surface area contributed by atoms with E-state index in [4.69, 9.17) is 9.84 Å². The molecule has 0 fully saturated rings. The van der Waals surface area contributed by atoms with Crippen LogP contribution in [-0.2, 0) is 0 Å². The summed E-state index contributed by atoms with van der Waals surface area (Å²) in [6.45, 7) is 1.05. The third-order valence-corrected chi connectivity index (χ3v) is 3.30. The van der Waals surface area contributed by atoms with Crippen LogP contribution in [0.1, 0.15) is 6.42 Å². The van der Waals surface area contributed by atoms with Crippen LogP contribution >= 0.6 is 11.8 Å². The maximum Gasteiger partial charge on any atom is 0.204 e. The van der Waals surface area contributed by atoms with Gasteiger partial charge in [-0.05, 0) is 12.2 Å². The maximum atomic E-state index is 8.66. The van der Waals surface area contributed by atoms with Crippen molar-refractivity contribution in [1.82, 2.24) is 9.97 Å². The molecule has 3 N–H and O–H groups in total. The van der Waals surface area contributed by atoms with Crippen molar-refractivity contribution in [2.75, 3.05) is 49.4 Å². The minimum Gasteiger partial charge on any atom is -0.490 e. The lowest BCUT2D eigenvalue weighted by molar-refractivity contribution is 0.296. The highest BCUT2D eigenvalue weighted by atomic mass is 32.2. The topological polar surface area (TPSA) is 79.3 Å². The first-order chi connectivity index (χ1) is 8.83. The van der Waals surface area contributed by atoms with Gasteiger partial charge in [0.1, 0.15) is 6.33 Å². The fourth-order valence-corrected chi connectivity index (χ4v) is 2.17. The summed E-state index contributed by atoms with van der Waals surface area (Å²) >= 11 is 1.80. The molecule has 0 saturated carbocycles. The first-order valence-electron chi connectivity index (χ1n) is 5.82. The Morgan fingerprint density at radius 2 is 2.11 bits per heavy atom. The van der Waals surface area contributed by atoms with E-state index in [1.807, 2.05) is 0 Å². The van der Waals surface area contributed by atoms with Gasteiger partial charge in [-0.15, -0.1) is 0 Å². The number of rotatable bonds is 9. The minimum absolute atomic E-state index is 0.256. The molecule has 0 aliphatic carbocycles. The minimum atomic E-state index is 0.256. The molecule has 102 valence electrons. The largest absolute Gasteiger partial charge is 0.490 e. The van der Waals surface area contributed by atoms with Crippen LogP contribution in [-0.4, -0.2) is 53.9 Å². The summed E-state index contributed by atoms with van der Waals surface area (Å²) in [6, 6.07) is 0. The van der Waals surface area contributed by atoms with E-state index in [1.54, 1.807) is 25.9 Å². The highest BCUT2D eigenvalue weighted by Crippen LogP contribution is 2.28. The maximum absolute atomic E-state index is 8.66. The molecule has 1 rings (SSSR count). The van der Waals surface area contributed by atoms with Crippen LogP contribution in [0, 0.1) is 0 Å². The SMILES string of the molecule is CNc1ncnc(NCCSCCCO)c1OC. The summed E-state index contributed by atoms with van der Waals surface area (Å²) in [5, 5.41) is 14.8. The fraction of sp³-hybridized carbons (Fsp3) is 0.636. The van der Waals surface area contributed by atoms with Gasteiger partial charge >= 0.3 is 0 Å². The van der Waals surface area contributed by atoms with Gasteiger partial charge in [-0.2, -0.15) is 11.8 Å². The van der Waals surface area contributed by atoms with Gasteiger partial charge in [0.25, 0.3) is 0 Å². The standard InChI is InChI=1S/C11H20N4O2S/c1-12-10-9(17-2)11(15-8-14-10)13-4-7-18-6-3-5-16/h8,16H,3-7H2,1-2H3,(H2,12,13,14,15). The molecule has 0 spiro atoms. The molecule has 1 aromatic heterocycles. The Balaban J connectivity index is 2.41. The van der Waals surface area contributed by atoms with Crippen molar-refractivity contribution in [2.24, 2.45) is 0 Å². The third-order valence-electron chi connectivity index (χ3n) is 2.23. The summed E-state index contributed by atoms with van der Waals surface area (Å²) in [6.07, 6.45) is 2.33. The molecule has 1 aromatic rings. The lowest BCUT2D eigenvalue weighted by Crippen LogP contribution is -2.09. The Morgan fingerprint density at radius 1 is 1.33 bits per heavy atom. The van der Waals surface area contributed by atoms with Crippen molar-refractivity contribution in [3.63, 3.8) is 0 Å². The van der Waals surface area contributed by atoms with Crippen LogP contribution in [0.25, 0.3) is 0 Å². The molecule has 0 amide bonds. The van der Waals surface area contributed by atoms with Crippen molar-refractivity contribution in [1.29, 1.82) is 0 Å². The predicted molar refractivity (Wildman–Crippen MR) is 75.6 cm³/mol. The Labute approximate surface area is 112 Å². The van der Waals surface area contributed by atoms with Crippen LogP contribution < -0.4 is 15.4 Å². The van der Waals surface area contributed by atoms with E-state index < -0.39 is 0 Å². The summed E-state index contributed by atoms with van der Waals surface area (Å²) in [5.41, 5.74) is 0. The Bertz CT molecular complexity index is 352. The number of aromatic nitrogens is 2. The van der Waals surface area contributed by atoms with E-state index in [0.717, 1.165) is 24.5 Å². The second-order valence-electron chi connectivity index (χ2n) is 3.47. The monoisotopic (exact) mass is 272 g/mol. The van der Waals surface area contributed by atoms with E-state index in [1.165, 1.54) is 6.33 Å². The highest BCUT2D eigenvalue weighted by molar-refractivity contribution is 7.99. The quantitative estimate of drug-likeness (QED) is 0.580. The Morgan fingerprint density at radius 3 is 2.78 bits per heavy atom. The van der Waals surface area contributed by atoms with E-state index in [0.29, 0.717) is 17.4 Å². The molecule has 0 atom stereocenters. The number of nitrogens with one attached hydrogen (secondary N) is 2. The van der Waals surface area contributed by atoms with Crippen molar-refractivity contribution in [3.05, 3.63) is 6.33 Å². The molecule has 0 radical (unpaired) electrons. The lowest BCUT2D eigenvalue weighted by Gasteiger charge is -2.12. The van der Waals surface area contributed by atoms with Gasteiger partial charge in [0.05, 0.1) is 7.11 Å². The third kappa shape index (κ3) is 4.58. The molecule has 6 nitrogen and oxygen atoms in total. The summed E-state index contributed by atoms with van der Waals surface area (Å²) < 4.78 is 5.27. The molecule has 1 heterocycles. The van der Waals surface area contributed by atoms with Gasteiger partial charge in [0.2, 0.25) is 5.75 Å². The zero-order valence-electron chi connectivity index (χ0n) is 10.8. The zero-order valence-corrected chi connectivity index (χ0v) is 11.6. The molecule has 0 aromatic carbocycles. The number of methoxy groups -OCH3 is 1. The average Bonchev–Trinajstić information content (AvgIpc) is 2.42. The number of aliphatic hydroxyl groups excluding tert-OH is 1. The van der Waals surface area contributed by atoms with Crippen LogP contribution in [0.2, 0.25) is 0 Å². The average molecular weight is 272 g/mol. The molecule has 0 saturated heterocycles. The van der Waals surface area contributed by atoms with Crippen LogP contribution in [0.3, 0.4) is 0 Å². The molecule has 0 aliphatic heterocycles. The number of anilines is 2. The normalized spacial score (nSPS) is 10.2. The number of ether oxygens (including phenoxy) is 1. The first kappa shape index (κ1) is 14.8. The summed E-state index contributed by atoms with van der Waals surface area (Å²) in [4.78, 5) is 8.23. The van der Waals surface area contributed by atoms with Gasteiger partial charge in [-0.25, -0.2) is 9.97 Å². The molecule has 18 heavy (non-hydrogen) atoms. The Hall–Kier alpha value is -1.21. The second kappa shape index (κ2) is 8.82. The van der Waals surface area contributed by atoms with Crippen molar-refractivity contribution in [2.45, 2.75) is 6.42 Å². The van der Waals surface area contributed by atoms with E-state index in [9.17, 15) is 0 Å². The molecular formula is C11H20N4O2S. The number of nitrogens with zero attached hydrogens (tertiary/aromatic N) is 2. The molecule has 0 aliphatic rings. The van der Waals surface area contributed by atoms with Crippen LogP contribution in [0.15, 0.2) is 6.33 Å². The van der Waals surface area contributed by atoms with Gasteiger partial charge < -0.3 is 20.5 Å². The number of thioether (sulfide) groups is 1. The van der Waals surface area contributed by atoms with E-state index in [2.05, 4.69) is 20.6 Å². The van der Waals surface area contributed by atoms with Gasteiger partial charge in [-0.1, -0.05) is 0 Å².